The predicted octanol–water partition coefficient (Wildman–Crippen LogP) is 3.49. The van der Waals surface area contributed by atoms with Gasteiger partial charge >= 0.3 is 0 Å². The highest BCUT2D eigenvalue weighted by atomic mass is 35.5. The van der Waals surface area contributed by atoms with Gasteiger partial charge in [0.2, 0.25) is 0 Å². The topological polar surface area (TPSA) is 38.5 Å². The number of nitrogens with zero attached hydrogens (tertiary/aromatic N) is 1. The maximum atomic E-state index is 6.25. The third kappa shape index (κ3) is 4.09. The Labute approximate surface area is 131 Å². The molecule has 1 saturated heterocycles. The summed E-state index contributed by atoms with van der Waals surface area (Å²) in [6.07, 6.45) is 3.57. The second kappa shape index (κ2) is 7.62. The molecular formula is C15H22Cl2N2O. The van der Waals surface area contributed by atoms with Gasteiger partial charge in [0.1, 0.15) is 0 Å². The van der Waals surface area contributed by atoms with Gasteiger partial charge in [-0.1, -0.05) is 35.3 Å². The Balaban J connectivity index is 1.88. The Bertz CT molecular complexity index is 442. The summed E-state index contributed by atoms with van der Waals surface area (Å²) < 4.78 is 5.44. The molecule has 112 valence electrons. The highest BCUT2D eigenvalue weighted by Gasteiger charge is 2.20. The lowest BCUT2D eigenvalue weighted by atomic mass is 10.0. The summed E-state index contributed by atoms with van der Waals surface area (Å²) in [4.78, 5) is 2.41. The molecule has 1 aromatic rings. The van der Waals surface area contributed by atoms with Crippen LogP contribution in [0.15, 0.2) is 18.2 Å². The Morgan fingerprint density at radius 1 is 1.45 bits per heavy atom. The second-order valence-corrected chi connectivity index (χ2v) is 6.12. The van der Waals surface area contributed by atoms with Crippen molar-refractivity contribution in [2.45, 2.75) is 31.4 Å². The summed E-state index contributed by atoms with van der Waals surface area (Å²) in [7, 11) is 1.78. The van der Waals surface area contributed by atoms with Crippen molar-refractivity contribution >= 4 is 23.2 Å². The fourth-order valence-corrected chi connectivity index (χ4v) is 3.14. The molecule has 1 aliphatic heterocycles. The third-order valence-corrected chi connectivity index (χ3v) is 4.77. The number of hydrogen-bond acceptors (Lipinski definition) is 3. The lowest BCUT2D eigenvalue weighted by Gasteiger charge is -2.32. The summed E-state index contributed by atoms with van der Waals surface area (Å²) in [5.41, 5.74) is 7.18. The third-order valence-electron chi connectivity index (χ3n) is 3.93. The van der Waals surface area contributed by atoms with Gasteiger partial charge in [0.05, 0.1) is 16.1 Å². The molecule has 5 heteroatoms. The van der Waals surface area contributed by atoms with Crippen molar-refractivity contribution in [1.82, 2.24) is 4.90 Å². The minimum absolute atomic E-state index is 0.0795. The quantitative estimate of drug-likeness (QED) is 0.903. The zero-order chi connectivity index (χ0) is 14.5. The molecule has 20 heavy (non-hydrogen) atoms. The number of likely N-dealkylation sites (tertiary alicyclic amines) is 1. The van der Waals surface area contributed by atoms with Crippen LogP contribution in [0.1, 0.15) is 30.9 Å². The van der Waals surface area contributed by atoms with E-state index < -0.39 is 0 Å². The molecule has 1 aromatic carbocycles. The number of piperidine rings is 1. The minimum atomic E-state index is -0.0795. The van der Waals surface area contributed by atoms with E-state index in [-0.39, 0.29) is 6.04 Å². The molecule has 2 unspecified atom stereocenters. The van der Waals surface area contributed by atoms with E-state index in [1.807, 2.05) is 12.1 Å². The largest absolute Gasteiger partial charge is 0.380 e. The van der Waals surface area contributed by atoms with Crippen LogP contribution in [-0.2, 0) is 4.74 Å². The zero-order valence-electron chi connectivity index (χ0n) is 11.8. The Kier molecular flexibility index (Phi) is 6.12. The molecule has 1 fully saturated rings. The molecule has 2 atom stereocenters. The molecular weight excluding hydrogens is 295 g/mol. The zero-order valence-corrected chi connectivity index (χ0v) is 13.3. The van der Waals surface area contributed by atoms with Crippen LogP contribution < -0.4 is 5.73 Å². The minimum Gasteiger partial charge on any atom is -0.380 e. The van der Waals surface area contributed by atoms with Gasteiger partial charge in [-0.25, -0.2) is 0 Å². The van der Waals surface area contributed by atoms with Crippen molar-refractivity contribution in [2.75, 3.05) is 26.7 Å². The summed E-state index contributed by atoms with van der Waals surface area (Å²) in [5.74, 6) is 0. The predicted molar refractivity (Wildman–Crippen MR) is 84.5 cm³/mol. The number of nitrogens with two attached hydrogens (primary N) is 1. The number of ether oxygens (including phenoxy) is 1. The van der Waals surface area contributed by atoms with Crippen LogP contribution in [-0.4, -0.2) is 37.7 Å². The van der Waals surface area contributed by atoms with Gasteiger partial charge in [0, 0.05) is 26.2 Å². The van der Waals surface area contributed by atoms with Crippen LogP contribution in [0.2, 0.25) is 10.0 Å². The van der Waals surface area contributed by atoms with Crippen LogP contribution in [0.5, 0.6) is 0 Å². The van der Waals surface area contributed by atoms with Gasteiger partial charge in [-0.05, 0) is 37.4 Å². The van der Waals surface area contributed by atoms with Gasteiger partial charge in [-0.3, -0.25) is 0 Å². The smallest absolute Gasteiger partial charge is 0.0698 e. The molecule has 2 rings (SSSR count). The molecule has 0 aliphatic carbocycles. The molecule has 3 nitrogen and oxygen atoms in total. The molecule has 0 spiro atoms. The van der Waals surface area contributed by atoms with E-state index in [4.69, 9.17) is 33.7 Å². The van der Waals surface area contributed by atoms with E-state index >= 15 is 0 Å². The molecule has 0 saturated carbocycles. The first-order valence-corrected chi connectivity index (χ1v) is 7.82. The van der Waals surface area contributed by atoms with Gasteiger partial charge in [0.25, 0.3) is 0 Å². The Morgan fingerprint density at radius 3 is 3.00 bits per heavy atom. The molecule has 0 aromatic heterocycles. The molecule has 1 aliphatic rings. The highest BCUT2D eigenvalue weighted by molar-refractivity contribution is 6.42. The summed E-state index contributed by atoms with van der Waals surface area (Å²) in [5, 5.41) is 1.15. The standard InChI is InChI=1S/C15H22Cl2N2O/c1-20-11-4-3-8-19(10-11)9-7-14(18)12-5-2-6-13(16)15(12)17/h2,5-6,11,14H,3-4,7-10,18H2,1H3. The van der Waals surface area contributed by atoms with E-state index in [9.17, 15) is 0 Å². The number of benzene rings is 1. The molecule has 0 radical (unpaired) electrons. The van der Waals surface area contributed by atoms with Crippen molar-refractivity contribution in [2.24, 2.45) is 5.73 Å². The lowest BCUT2D eigenvalue weighted by Crippen LogP contribution is -2.40. The maximum absolute atomic E-state index is 6.25. The van der Waals surface area contributed by atoms with Crippen molar-refractivity contribution in [3.05, 3.63) is 33.8 Å². The number of halogens is 2. The fraction of sp³-hybridized carbons (Fsp3) is 0.600. The van der Waals surface area contributed by atoms with E-state index in [1.165, 1.54) is 6.42 Å². The summed E-state index contributed by atoms with van der Waals surface area (Å²) >= 11 is 12.2. The second-order valence-electron chi connectivity index (χ2n) is 5.34. The SMILES string of the molecule is COC1CCCN(CCC(N)c2cccc(Cl)c2Cl)C1. The van der Waals surface area contributed by atoms with Crippen LogP contribution in [0.4, 0.5) is 0 Å². The first kappa shape index (κ1) is 16.1. The van der Waals surface area contributed by atoms with Gasteiger partial charge in [0.15, 0.2) is 0 Å². The number of methoxy groups -OCH3 is 1. The monoisotopic (exact) mass is 316 g/mol. The fourth-order valence-electron chi connectivity index (χ4n) is 2.69. The van der Waals surface area contributed by atoms with Crippen LogP contribution in [0, 0.1) is 0 Å². The van der Waals surface area contributed by atoms with Crippen LogP contribution >= 0.6 is 23.2 Å². The average molecular weight is 317 g/mol. The number of hydrogen-bond donors (Lipinski definition) is 1. The van der Waals surface area contributed by atoms with Crippen molar-refractivity contribution in [3.63, 3.8) is 0 Å². The van der Waals surface area contributed by atoms with Crippen molar-refractivity contribution in [3.8, 4) is 0 Å². The first-order chi connectivity index (χ1) is 9.61. The Hall–Kier alpha value is -0.320. The average Bonchev–Trinajstić information content (AvgIpc) is 2.48. The normalized spacial score (nSPS) is 21.9. The molecule has 1 heterocycles. The van der Waals surface area contributed by atoms with Crippen LogP contribution in [0.3, 0.4) is 0 Å². The summed E-state index contributed by atoms with van der Waals surface area (Å²) in [6, 6.07) is 5.55. The van der Waals surface area contributed by atoms with Gasteiger partial charge in [-0.15, -0.1) is 0 Å². The van der Waals surface area contributed by atoms with E-state index in [1.54, 1.807) is 13.2 Å². The van der Waals surface area contributed by atoms with Crippen LogP contribution in [0.25, 0.3) is 0 Å². The summed E-state index contributed by atoms with van der Waals surface area (Å²) in [6.45, 7) is 3.08. The lowest BCUT2D eigenvalue weighted by molar-refractivity contribution is 0.0305. The van der Waals surface area contributed by atoms with Gasteiger partial charge < -0.3 is 15.4 Å². The highest BCUT2D eigenvalue weighted by Crippen LogP contribution is 2.30. The maximum Gasteiger partial charge on any atom is 0.0698 e. The molecule has 2 N–H and O–H groups in total. The van der Waals surface area contributed by atoms with E-state index in [0.717, 1.165) is 38.0 Å². The number of rotatable bonds is 5. The van der Waals surface area contributed by atoms with Crippen molar-refractivity contribution < 1.29 is 4.74 Å². The van der Waals surface area contributed by atoms with E-state index in [2.05, 4.69) is 4.90 Å². The molecule has 0 bridgehead atoms. The Morgan fingerprint density at radius 2 is 2.25 bits per heavy atom. The first-order valence-electron chi connectivity index (χ1n) is 7.06. The van der Waals surface area contributed by atoms with Gasteiger partial charge in [-0.2, -0.15) is 0 Å². The van der Waals surface area contributed by atoms with Crippen molar-refractivity contribution in [1.29, 1.82) is 0 Å². The molecule has 0 amide bonds. The van der Waals surface area contributed by atoms with E-state index in [0.29, 0.717) is 16.1 Å².